The first-order valence-corrected chi connectivity index (χ1v) is 8.48. The molecule has 0 aliphatic carbocycles. The van der Waals surface area contributed by atoms with E-state index in [1.54, 1.807) is 0 Å². The minimum atomic E-state index is 0. The van der Waals surface area contributed by atoms with Crippen LogP contribution in [-0.4, -0.2) is 0 Å². The van der Waals surface area contributed by atoms with Gasteiger partial charge in [-0.2, -0.15) is 13.3 Å². The molecule has 2 atom stereocenters. The van der Waals surface area contributed by atoms with Gasteiger partial charge in [0.2, 0.25) is 0 Å². The van der Waals surface area contributed by atoms with Crippen LogP contribution in [0.15, 0.2) is 0 Å². The summed E-state index contributed by atoms with van der Waals surface area (Å²) in [4.78, 5) is 0. The van der Waals surface area contributed by atoms with E-state index in [4.69, 9.17) is 0 Å². The molecule has 0 amide bonds. The molecule has 0 aliphatic heterocycles. The van der Waals surface area contributed by atoms with Crippen molar-refractivity contribution in [2.24, 2.45) is 11.8 Å². The summed E-state index contributed by atoms with van der Waals surface area (Å²) < 4.78 is 0. The number of hydrogen-bond acceptors (Lipinski definition) is 0. The summed E-state index contributed by atoms with van der Waals surface area (Å²) in [7, 11) is 0. The van der Waals surface area contributed by atoms with Gasteiger partial charge >= 0.3 is 0 Å². The second kappa shape index (κ2) is 20.1. The summed E-state index contributed by atoms with van der Waals surface area (Å²) in [5.41, 5.74) is 0. The Kier molecular flexibility index (Phi) is 26.2. The van der Waals surface area contributed by atoms with E-state index in [1.165, 1.54) is 70.6 Å². The maximum Gasteiger partial charge on any atom is 0 e. The van der Waals surface area contributed by atoms with E-state index in [9.17, 15) is 0 Å². The van der Waals surface area contributed by atoms with Crippen LogP contribution in [-0.2, 0) is 32.7 Å². The van der Waals surface area contributed by atoms with Gasteiger partial charge < -0.3 is 13.8 Å². The van der Waals surface area contributed by atoms with Crippen LogP contribution < -0.4 is 0 Å². The molecule has 0 fully saturated rings. The number of hydrogen-bond donors (Lipinski definition) is 0. The van der Waals surface area contributed by atoms with Crippen LogP contribution in [0.2, 0.25) is 0 Å². The molecule has 0 aliphatic rings. The molecule has 0 rings (SSSR count). The van der Waals surface area contributed by atoms with Gasteiger partial charge in [0, 0.05) is 32.7 Å². The van der Waals surface area contributed by atoms with E-state index in [0.717, 1.165) is 11.8 Å². The molecular weight excluding hydrogens is 317 g/mol. The fourth-order valence-electron chi connectivity index (χ4n) is 2.53. The van der Waals surface area contributed by atoms with Crippen molar-refractivity contribution in [1.29, 1.82) is 0 Å². The van der Waals surface area contributed by atoms with E-state index in [0.29, 0.717) is 0 Å². The summed E-state index contributed by atoms with van der Waals surface area (Å²) in [5, 5.41) is 0. The third kappa shape index (κ3) is 19.1. The van der Waals surface area contributed by atoms with Crippen molar-refractivity contribution in [3.8, 4) is 0 Å². The Morgan fingerprint density at radius 1 is 0.750 bits per heavy atom. The molecule has 1 heteroatoms. The molecule has 0 aromatic rings. The Balaban J connectivity index is -0.00000144. The molecule has 0 N–H and O–H groups in total. The van der Waals surface area contributed by atoms with Crippen molar-refractivity contribution in [3.05, 3.63) is 13.8 Å². The van der Waals surface area contributed by atoms with Crippen LogP contribution in [0, 0.1) is 25.7 Å². The molecule has 0 heterocycles. The monoisotopic (exact) mass is 357 g/mol. The summed E-state index contributed by atoms with van der Waals surface area (Å²) in [6.07, 6.45) is 18.0. The van der Waals surface area contributed by atoms with Crippen molar-refractivity contribution in [2.45, 2.75) is 98.3 Å². The van der Waals surface area contributed by atoms with E-state index in [2.05, 4.69) is 34.1 Å². The zero-order valence-electron chi connectivity index (χ0n) is 15.1. The normalized spacial score (nSPS) is 13.2. The molecule has 0 bridgehead atoms. The van der Waals surface area contributed by atoms with Crippen LogP contribution in [0.25, 0.3) is 0 Å². The molecule has 2 unspecified atom stereocenters. The molecule has 20 heavy (non-hydrogen) atoms. The molecular formula is C19H40Y-2. The van der Waals surface area contributed by atoms with Crippen LogP contribution in [0.4, 0.5) is 0 Å². The average Bonchev–Trinajstić information content (AvgIpc) is 2.37. The molecule has 0 spiro atoms. The van der Waals surface area contributed by atoms with E-state index >= 15 is 0 Å². The van der Waals surface area contributed by atoms with E-state index < -0.39 is 0 Å². The summed E-state index contributed by atoms with van der Waals surface area (Å²) >= 11 is 0. The standard InChI is InChI=1S/C18H37.CH3.Y/c1-5-7-8-9-11-15-18(4)16-13-10-12-14-17(3)6-2;;/h5,17-18H,6-16H2,1-4H3;1H3;/q2*-1;. The molecule has 0 saturated heterocycles. The second-order valence-electron chi connectivity index (χ2n) is 6.30. The minimum absolute atomic E-state index is 0. The maximum absolute atomic E-state index is 2.45. The SMILES string of the molecule is C[CH-]CCCCCC(C)CCCCCC(C)CC.[CH3-].[Y]. The summed E-state index contributed by atoms with van der Waals surface area (Å²) in [5.74, 6) is 1.90. The second-order valence-corrected chi connectivity index (χ2v) is 6.30. The predicted molar refractivity (Wildman–Crippen MR) is 91.2 cm³/mol. The Labute approximate surface area is 156 Å². The molecule has 1 radical (unpaired) electrons. The number of rotatable bonds is 13. The first-order chi connectivity index (χ1) is 8.70. The van der Waals surface area contributed by atoms with Gasteiger partial charge in [0.05, 0.1) is 0 Å². The third-order valence-corrected chi connectivity index (χ3v) is 4.28. The Hall–Kier alpha value is 1.10. The summed E-state index contributed by atoms with van der Waals surface area (Å²) in [6.45, 7) is 9.31. The molecule has 121 valence electrons. The van der Waals surface area contributed by atoms with Crippen LogP contribution in [0.3, 0.4) is 0 Å². The van der Waals surface area contributed by atoms with E-state index in [-0.39, 0.29) is 40.1 Å². The van der Waals surface area contributed by atoms with Gasteiger partial charge in [0.25, 0.3) is 0 Å². The smallest absolute Gasteiger partial charge is 0 e. The van der Waals surface area contributed by atoms with Crippen molar-refractivity contribution in [3.63, 3.8) is 0 Å². The van der Waals surface area contributed by atoms with Crippen molar-refractivity contribution < 1.29 is 32.7 Å². The Bertz CT molecular complexity index is 156. The molecule has 0 nitrogen and oxygen atoms in total. The largest absolute Gasteiger partial charge is 0.358 e. The molecule has 0 aromatic carbocycles. The molecule has 0 aromatic heterocycles. The fraction of sp³-hybridized carbons (Fsp3) is 0.895. The van der Waals surface area contributed by atoms with Gasteiger partial charge in [-0.1, -0.05) is 85.0 Å². The Morgan fingerprint density at radius 2 is 1.20 bits per heavy atom. The van der Waals surface area contributed by atoms with Gasteiger partial charge in [0.1, 0.15) is 0 Å². The number of unbranched alkanes of at least 4 members (excludes halogenated alkanes) is 6. The van der Waals surface area contributed by atoms with Gasteiger partial charge in [-0.25, -0.2) is 0 Å². The molecule has 0 saturated carbocycles. The van der Waals surface area contributed by atoms with Crippen LogP contribution in [0.5, 0.6) is 0 Å². The first kappa shape index (κ1) is 26.0. The van der Waals surface area contributed by atoms with Crippen LogP contribution >= 0.6 is 0 Å². The zero-order valence-corrected chi connectivity index (χ0v) is 17.9. The Morgan fingerprint density at radius 3 is 1.65 bits per heavy atom. The fourth-order valence-corrected chi connectivity index (χ4v) is 2.53. The predicted octanol–water partition coefficient (Wildman–Crippen LogP) is 7.24. The van der Waals surface area contributed by atoms with Crippen LogP contribution in [0.1, 0.15) is 98.3 Å². The third-order valence-electron chi connectivity index (χ3n) is 4.28. The van der Waals surface area contributed by atoms with Gasteiger partial charge in [-0.3, -0.25) is 0 Å². The minimum Gasteiger partial charge on any atom is -0.358 e. The first-order valence-electron chi connectivity index (χ1n) is 8.48. The quantitative estimate of drug-likeness (QED) is 0.241. The summed E-state index contributed by atoms with van der Waals surface area (Å²) in [6, 6.07) is 0. The maximum atomic E-state index is 2.45. The van der Waals surface area contributed by atoms with Crippen molar-refractivity contribution >= 4 is 0 Å². The topological polar surface area (TPSA) is 0 Å². The van der Waals surface area contributed by atoms with Crippen molar-refractivity contribution in [1.82, 2.24) is 0 Å². The van der Waals surface area contributed by atoms with Crippen molar-refractivity contribution in [2.75, 3.05) is 0 Å². The van der Waals surface area contributed by atoms with Gasteiger partial charge in [-0.15, -0.1) is 0 Å². The van der Waals surface area contributed by atoms with E-state index in [1.807, 2.05) is 0 Å². The van der Waals surface area contributed by atoms with Gasteiger partial charge in [0.15, 0.2) is 0 Å². The van der Waals surface area contributed by atoms with Gasteiger partial charge in [-0.05, 0) is 11.8 Å². The average molecular weight is 357 g/mol. The zero-order chi connectivity index (χ0) is 13.6.